The summed E-state index contributed by atoms with van der Waals surface area (Å²) in [5.41, 5.74) is 0.766. The summed E-state index contributed by atoms with van der Waals surface area (Å²) in [6, 6.07) is 10.8. The molecule has 76 valence electrons. The Balaban J connectivity index is 2.09. The highest BCUT2D eigenvalue weighted by molar-refractivity contribution is 7.31. The van der Waals surface area contributed by atoms with Crippen LogP contribution in [0.3, 0.4) is 0 Å². The van der Waals surface area contributed by atoms with Gasteiger partial charge in [0.05, 0.1) is 5.30 Å². The zero-order chi connectivity index (χ0) is 10.7. The van der Waals surface area contributed by atoms with Gasteiger partial charge in [0, 0.05) is 10.7 Å². The molecule has 1 aromatic carbocycles. The van der Waals surface area contributed by atoms with Crippen LogP contribution >= 0.6 is 19.8 Å². The number of hydrogen-bond acceptors (Lipinski definition) is 1. The summed E-state index contributed by atoms with van der Waals surface area (Å²) < 4.78 is 0. The third-order valence-electron chi connectivity index (χ3n) is 1.94. The Kier molecular flexibility index (Phi) is 3.10. The highest BCUT2D eigenvalue weighted by Crippen LogP contribution is 2.18. The van der Waals surface area contributed by atoms with Gasteiger partial charge in [-0.2, -0.15) is 0 Å². The maximum Gasteiger partial charge on any atom is 0.259 e. The minimum atomic E-state index is -0.0411. The van der Waals surface area contributed by atoms with Gasteiger partial charge in [-0.1, -0.05) is 17.7 Å². The molecular weight excluding hydrogens is 229 g/mol. The molecule has 1 unspecified atom stereocenters. The van der Waals surface area contributed by atoms with E-state index in [9.17, 15) is 4.79 Å². The molecule has 0 saturated carbocycles. The second kappa shape index (κ2) is 4.52. The molecule has 2 rings (SSSR count). The minimum Gasteiger partial charge on any atom is -0.322 e. The molecule has 4 heteroatoms. The minimum absolute atomic E-state index is 0.0411. The van der Waals surface area contributed by atoms with Gasteiger partial charge in [0.15, 0.2) is 0 Å². The van der Waals surface area contributed by atoms with E-state index in [0.717, 1.165) is 11.0 Å². The summed E-state index contributed by atoms with van der Waals surface area (Å²) in [5.74, 6) is 1.94. The molecule has 1 amide bonds. The first-order valence-electron chi connectivity index (χ1n) is 4.46. The second-order valence-corrected chi connectivity index (χ2v) is 4.64. The van der Waals surface area contributed by atoms with Crippen LogP contribution in [0.5, 0.6) is 0 Å². The molecule has 1 N–H and O–H groups in total. The molecule has 1 aromatic heterocycles. The Morgan fingerprint density at radius 3 is 2.53 bits per heavy atom. The Bertz CT molecular complexity index is 450. The van der Waals surface area contributed by atoms with Crippen molar-refractivity contribution in [1.29, 1.82) is 0 Å². The van der Waals surface area contributed by atoms with E-state index in [4.69, 9.17) is 11.6 Å². The Morgan fingerprint density at radius 1 is 1.20 bits per heavy atom. The van der Waals surface area contributed by atoms with Crippen LogP contribution in [0, 0.1) is 0 Å². The van der Waals surface area contributed by atoms with Crippen molar-refractivity contribution in [3.8, 4) is 0 Å². The zero-order valence-electron chi connectivity index (χ0n) is 7.83. The monoisotopic (exact) mass is 237 g/mol. The van der Waals surface area contributed by atoms with Gasteiger partial charge in [-0.15, -0.1) is 8.19 Å². The molecule has 0 spiro atoms. The maximum absolute atomic E-state index is 11.7. The first-order chi connectivity index (χ1) is 7.25. The van der Waals surface area contributed by atoms with E-state index < -0.39 is 0 Å². The van der Waals surface area contributed by atoms with E-state index in [-0.39, 0.29) is 5.91 Å². The van der Waals surface area contributed by atoms with Gasteiger partial charge in [-0.3, -0.25) is 4.79 Å². The molecule has 0 aliphatic carbocycles. The second-order valence-electron chi connectivity index (χ2n) is 3.04. The number of amides is 1. The molecule has 1 atom stereocenters. The van der Waals surface area contributed by atoms with E-state index in [2.05, 4.69) is 5.32 Å². The van der Waals surface area contributed by atoms with Crippen molar-refractivity contribution in [2.45, 2.75) is 0 Å². The largest absolute Gasteiger partial charge is 0.322 e. The lowest BCUT2D eigenvalue weighted by atomic mass is 10.3. The van der Waals surface area contributed by atoms with E-state index in [1.807, 2.05) is 17.9 Å². The summed E-state index contributed by atoms with van der Waals surface area (Å²) >= 11 is 5.74. The van der Waals surface area contributed by atoms with Crippen molar-refractivity contribution < 1.29 is 4.79 Å². The molecule has 2 nitrogen and oxygen atoms in total. The van der Waals surface area contributed by atoms with Crippen molar-refractivity contribution in [1.82, 2.24) is 0 Å². The maximum atomic E-state index is 11.7. The summed E-state index contributed by atoms with van der Waals surface area (Å²) in [6.45, 7) is 0. The topological polar surface area (TPSA) is 29.1 Å². The number of hydrogen-bond donors (Lipinski definition) is 1. The standard InChI is InChI=1S/C11H9ClNOP/c12-8-3-5-9(6-4-8)13-11(14)10-2-1-7-15-10/h1-7,15H,(H,13,14). The molecule has 0 radical (unpaired) electrons. The van der Waals surface area contributed by atoms with Crippen molar-refractivity contribution in [3.63, 3.8) is 0 Å². The molecule has 0 fully saturated rings. The normalized spacial score (nSPS) is 10.5. The first-order valence-corrected chi connectivity index (χ1v) is 5.91. The number of rotatable bonds is 2. The van der Waals surface area contributed by atoms with Crippen molar-refractivity contribution in [2.75, 3.05) is 5.32 Å². The molecule has 0 saturated heterocycles. The van der Waals surface area contributed by atoms with E-state index in [1.165, 1.54) is 0 Å². The number of halogens is 1. The number of carbonyl (C=O) groups is 1. The van der Waals surface area contributed by atoms with Gasteiger partial charge in [0.25, 0.3) is 5.91 Å². The predicted octanol–water partition coefficient (Wildman–Crippen LogP) is 3.62. The van der Waals surface area contributed by atoms with Crippen molar-refractivity contribution in [2.24, 2.45) is 0 Å². The molecule has 2 aromatic rings. The number of benzene rings is 1. The molecule has 0 bridgehead atoms. The van der Waals surface area contributed by atoms with Crippen LogP contribution in [0.15, 0.2) is 42.2 Å². The van der Waals surface area contributed by atoms with E-state index in [1.54, 1.807) is 24.3 Å². The van der Waals surface area contributed by atoms with Crippen LogP contribution in [-0.4, -0.2) is 5.91 Å². The van der Waals surface area contributed by atoms with Crippen LogP contribution in [0.1, 0.15) is 10.1 Å². The number of anilines is 1. The molecule has 0 aliphatic rings. The summed E-state index contributed by atoms with van der Waals surface area (Å²) in [4.78, 5) is 11.7. The average molecular weight is 238 g/mol. The summed E-state index contributed by atoms with van der Waals surface area (Å²) in [5, 5.41) is 4.29. The lowest BCUT2D eigenvalue weighted by Crippen LogP contribution is -2.09. The van der Waals surface area contributed by atoms with Crippen molar-refractivity contribution in [3.05, 3.63) is 52.5 Å². The number of nitrogens with one attached hydrogen (secondary N) is 1. The number of carbonyl (C=O) groups excluding carboxylic acids is 1. The smallest absolute Gasteiger partial charge is 0.259 e. The van der Waals surface area contributed by atoms with Crippen LogP contribution in [0.4, 0.5) is 5.69 Å². The SMILES string of the molecule is O=C(Nc1ccc(Cl)cc1)c1ccc[pH]1. The van der Waals surface area contributed by atoms with Gasteiger partial charge in [-0.05, 0) is 36.1 Å². The Morgan fingerprint density at radius 2 is 1.93 bits per heavy atom. The van der Waals surface area contributed by atoms with Crippen LogP contribution in [0.25, 0.3) is 0 Å². The Hall–Kier alpha value is -1.24. The van der Waals surface area contributed by atoms with Crippen LogP contribution in [0.2, 0.25) is 5.02 Å². The van der Waals surface area contributed by atoms with Gasteiger partial charge in [0.2, 0.25) is 0 Å². The van der Waals surface area contributed by atoms with E-state index >= 15 is 0 Å². The first kappa shape index (κ1) is 10.3. The fraction of sp³-hybridized carbons (Fsp3) is 0. The summed E-state index contributed by atoms with van der Waals surface area (Å²) in [7, 11) is 0.472. The summed E-state index contributed by atoms with van der Waals surface area (Å²) in [6.07, 6.45) is 0. The van der Waals surface area contributed by atoms with E-state index in [0.29, 0.717) is 13.2 Å². The Labute approximate surface area is 94.4 Å². The highest BCUT2D eigenvalue weighted by atomic mass is 35.5. The third-order valence-corrected chi connectivity index (χ3v) is 3.26. The molecule has 0 aliphatic heterocycles. The molecule has 1 heterocycles. The quantitative estimate of drug-likeness (QED) is 0.849. The van der Waals surface area contributed by atoms with Gasteiger partial charge in [0.1, 0.15) is 0 Å². The fourth-order valence-electron chi connectivity index (χ4n) is 1.20. The lowest BCUT2D eigenvalue weighted by molar-refractivity contribution is 0.103. The average Bonchev–Trinajstić information content (AvgIpc) is 2.74. The third kappa shape index (κ3) is 2.62. The van der Waals surface area contributed by atoms with Gasteiger partial charge >= 0.3 is 0 Å². The zero-order valence-corrected chi connectivity index (χ0v) is 9.58. The fourth-order valence-corrected chi connectivity index (χ4v) is 2.09. The van der Waals surface area contributed by atoms with Crippen molar-refractivity contribution >= 4 is 31.4 Å². The van der Waals surface area contributed by atoms with Crippen LogP contribution < -0.4 is 5.32 Å². The molecular formula is C11H9ClNOP. The lowest BCUT2D eigenvalue weighted by Gasteiger charge is -2.03. The molecule has 15 heavy (non-hydrogen) atoms. The highest BCUT2D eigenvalue weighted by Gasteiger charge is 2.04. The van der Waals surface area contributed by atoms with Gasteiger partial charge < -0.3 is 5.32 Å². The predicted molar refractivity (Wildman–Crippen MR) is 65.3 cm³/mol. The van der Waals surface area contributed by atoms with Gasteiger partial charge in [-0.25, -0.2) is 0 Å². The van der Waals surface area contributed by atoms with Crippen LogP contribution in [-0.2, 0) is 0 Å².